The van der Waals surface area contributed by atoms with Crippen LogP contribution in [-0.4, -0.2) is 23.0 Å². The molecule has 100 valence electrons. The van der Waals surface area contributed by atoms with Crippen LogP contribution < -0.4 is 5.32 Å². The summed E-state index contributed by atoms with van der Waals surface area (Å²) in [5.74, 6) is -0.479. The van der Waals surface area contributed by atoms with Crippen LogP contribution in [0.5, 0.6) is 0 Å². The summed E-state index contributed by atoms with van der Waals surface area (Å²) in [5.41, 5.74) is -0.338. The number of carbonyl (C=O) groups is 2. The second kappa shape index (κ2) is 5.25. The molecule has 0 bridgehead atoms. The Balaban J connectivity index is 2.78. The number of nitrogens with one attached hydrogen (secondary N) is 1. The van der Waals surface area contributed by atoms with Crippen molar-refractivity contribution in [3.63, 3.8) is 0 Å². The van der Waals surface area contributed by atoms with Gasteiger partial charge in [0.2, 0.25) is 0 Å². The largest absolute Gasteiger partial charge is 0.481 e. The zero-order chi connectivity index (χ0) is 13.9. The molecular formula is C13H19NO4. The lowest BCUT2D eigenvalue weighted by molar-refractivity contribution is -0.138. The molecule has 1 unspecified atom stereocenters. The van der Waals surface area contributed by atoms with E-state index in [4.69, 9.17) is 9.52 Å². The summed E-state index contributed by atoms with van der Waals surface area (Å²) in [6.45, 7) is 7.39. The molecule has 0 fully saturated rings. The van der Waals surface area contributed by atoms with E-state index in [1.165, 1.54) is 0 Å². The molecular weight excluding hydrogens is 234 g/mol. The van der Waals surface area contributed by atoms with Gasteiger partial charge in [-0.25, -0.2) is 0 Å². The Morgan fingerprint density at radius 1 is 1.39 bits per heavy atom. The van der Waals surface area contributed by atoms with Crippen LogP contribution in [0.3, 0.4) is 0 Å². The number of carboxylic acids is 1. The Labute approximate surface area is 106 Å². The molecule has 18 heavy (non-hydrogen) atoms. The monoisotopic (exact) mass is 253 g/mol. The van der Waals surface area contributed by atoms with Crippen molar-refractivity contribution in [3.8, 4) is 0 Å². The predicted octanol–water partition coefficient (Wildman–Crippen LogP) is 2.21. The van der Waals surface area contributed by atoms with Gasteiger partial charge in [0.1, 0.15) is 5.76 Å². The molecule has 1 aromatic heterocycles. The van der Waals surface area contributed by atoms with Crippen molar-refractivity contribution < 1.29 is 19.1 Å². The van der Waals surface area contributed by atoms with Gasteiger partial charge in [-0.2, -0.15) is 0 Å². The fraction of sp³-hybridized carbons (Fsp3) is 0.538. The summed E-state index contributed by atoms with van der Waals surface area (Å²) in [4.78, 5) is 22.7. The van der Waals surface area contributed by atoms with E-state index in [1.807, 2.05) is 20.8 Å². The van der Waals surface area contributed by atoms with E-state index < -0.39 is 12.0 Å². The number of furan rings is 1. The normalized spacial score (nSPS) is 13.1. The summed E-state index contributed by atoms with van der Waals surface area (Å²) in [5, 5.41) is 11.6. The lowest BCUT2D eigenvalue weighted by Gasteiger charge is -2.30. The standard InChI is InChI=1S/C13H19NO4/c1-8-5-6-9(18-8)12(17)14-10(7-11(15)16)13(2,3)4/h5-6,10H,7H2,1-4H3,(H,14,17)(H,15,16). The fourth-order valence-electron chi connectivity index (χ4n) is 1.53. The Kier molecular flexibility index (Phi) is 4.16. The third-order valence-electron chi connectivity index (χ3n) is 2.69. The van der Waals surface area contributed by atoms with Gasteiger partial charge in [-0.15, -0.1) is 0 Å². The highest BCUT2D eigenvalue weighted by molar-refractivity contribution is 5.92. The SMILES string of the molecule is Cc1ccc(C(=O)NC(CC(=O)O)C(C)(C)C)o1. The number of carbonyl (C=O) groups excluding carboxylic acids is 1. The van der Waals surface area contributed by atoms with Crippen molar-refractivity contribution in [3.05, 3.63) is 23.7 Å². The summed E-state index contributed by atoms with van der Waals surface area (Å²) >= 11 is 0. The molecule has 2 N–H and O–H groups in total. The molecule has 0 saturated heterocycles. The smallest absolute Gasteiger partial charge is 0.305 e. The highest BCUT2D eigenvalue weighted by Crippen LogP contribution is 2.22. The Morgan fingerprint density at radius 3 is 2.39 bits per heavy atom. The molecule has 1 atom stereocenters. The van der Waals surface area contributed by atoms with Crippen molar-refractivity contribution in [2.45, 2.75) is 40.2 Å². The van der Waals surface area contributed by atoms with E-state index in [9.17, 15) is 9.59 Å². The van der Waals surface area contributed by atoms with E-state index in [0.29, 0.717) is 5.76 Å². The van der Waals surface area contributed by atoms with Gasteiger partial charge in [-0.3, -0.25) is 9.59 Å². The van der Waals surface area contributed by atoms with Crippen LogP contribution in [0.25, 0.3) is 0 Å². The van der Waals surface area contributed by atoms with Crippen LogP contribution in [0, 0.1) is 12.3 Å². The topological polar surface area (TPSA) is 79.5 Å². The van der Waals surface area contributed by atoms with Gasteiger partial charge < -0.3 is 14.8 Å². The molecule has 0 saturated carbocycles. The zero-order valence-electron chi connectivity index (χ0n) is 11.1. The second-order valence-corrected chi connectivity index (χ2v) is 5.40. The van der Waals surface area contributed by atoms with Gasteiger partial charge in [0.25, 0.3) is 5.91 Å². The number of rotatable bonds is 4. The molecule has 0 aliphatic rings. The molecule has 0 aromatic carbocycles. The van der Waals surface area contributed by atoms with Crippen molar-refractivity contribution in [1.82, 2.24) is 5.32 Å². The number of amides is 1. The number of aliphatic carboxylic acids is 1. The zero-order valence-corrected chi connectivity index (χ0v) is 11.1. The first-order chi connectivity index (χ1) is 8.20. The molecule has 1 aromatic rings. The maximum Gasteiger partial charge on any atom is 0.305 e. The Morgan fingerprint density at radius 2 is 2.00 bits per heavy atom. The highest BCUT2D eigenvalue weighted by Gasteiger charge is 2.29. The fourth-order valence-corrected chi connectivity index (χ4v) is 1.53. The van der Waals surface area contributed by atoms with Crippen molar-refractivity contribution in [2.75, 3.05) is 0 Å². The Hall–Kier alpha value is -1.78. The van der Waals surface area contributed by atoms with Crippen molar-refractivity contribution in [1.29, 1.82) is 0 Å². The van der Waals surface area contributed by atoms with Crippen LogP contribution in [0.15, 0.2) is 16.5 Å². The molecule has 0 radical (unpaired) electrons. The Bertz CT molecular complexity index is 442. The summed E-state index contributed by atoms with van der Waals surface area (Å²) in [6.07, 6.45) is -0.116. The first kappa shape index (κ1) is 14.3. The first-order valence-electron chi connectivity index (χ1n) is 5.79. The first-order valence-corrected chi connectivity index (χ1v) is 5.79. The number of hydrogen-bond donors (Lipinski definition) is 2. The van der Waals surface area contributed by atoms with E-state index >= 15 is 0 Å². The maximum atomic E-state index is 11.9. The van der Waals surface area contributed by atoms with Crippen LogP contribution in [0.4, 0.5) is 0 Å². The van der Waals surface area contributed by atoms with E-state index in [2.05, 4.69) is 5.32 Å². The minimum absolute atomic E-state index is 0.116. The third kappa shape index (κ3) is 3.91. The maximum absolute atomic E-state index is 11.9. The van der Waals surface area contributed by atoms with E-state index in [1.54, 1.807) is 19.1 Å². The number of hydrogen-bond acceptors (Lipinski definition) is 3. The van der Waals surface area contributed by atoms with Gasteiger partial charge in [-0.1, -0.05) is 20.8 Å². The molecule has 5 nitrogen and oxygen atoms in total. The van der Waals surface area contributed by atoms with Crippen LogP contribution in [-0.2, 0) is 4.79 Å². The van der Waals surface area contributed by atoms with Crippen LogP contribution in [0.2, 0.25) is 0 Å². The molecule has 5 heteroatoms. The van der Waals surface area contributed by atoms with Gasteiger partial charge in [0, 0.05) is 6.04 Å². The highest BCUT2D eigenvalue weighted by atomic mass is 16.4. The number of aryl methyl sites for hydroxylation is 1. The van der Waals surface area contributed by atoms with Crippen LogP contribution >= 0.6 is 0 Å². The van der Waals surface area contributed by atoms with Crippen molar-refractivity contribution >= 4 is 11.9 Å². The minimum Gasteiger partial charge on any atom is -0.481 e. The summed E-state index contributed by atoms with van der Waals surface area (Å²) < 4.78 is 5.20. The summed E-state index contributed by atoms with van der Waals surface area (Å²) in [6, 6.07) is 2.82. The molecule has 1 rings (SSSR count). The van der Waals surface area contributed by atoms with E-state index in [-0.39, 0.29) is 23.5 Å². The molecule has 0 aliphatic carbocycles. The average molecular weight is 253 g/mol. The minimum atomic E-state index is -0.939. The molecule has 0 aliphatic heterocycles. The predicted molar refractivity (Wildman–Crippen MR) is 66.4 cm³/mol. The van der Waals surface area contributed by atoms with Gasteiger partial charge in [0.05, 0.1) is 6.42 Å². The van der Waals surface area contributed by atoms with Gasteiger partial charge in [0.15, 0.2) is 5.76 Å². The summed E-state index contributed by atoms with van der Waals surface area (Å²) in [7, 11) is 0. The molecule has 1 amide bonds. The number of carboxylic acid groups (broad SMARTS) is 1. The van der Waals surface area contributed by atoms with Crippen molar-refractivity contribution in [2.24, 2.45) is 5.41 Å². The van der Waals surface area contributed by atoms with Gasteiger partial charge >= 0.3 is 5.97 Å². The quantitative estimate of drug-likeness (QED) is 0.862. The van der Waals surface area contributed by atoms with Gasteiger partial charge in [-0.05, 0) is 24.5 Å². The molecule has 1 heterocycles. The average Bonchev–Trinajstić information content (AvgIpc) is 2.61. The lowest BCUT2D eigenvalue weighted by Crippen LogP contribution is -2.44. The molecule has 0 spiro atoms. The second-order valence-electron chi connectivity index (χ2n) is 5.40. The van der Waals surface area contributed by atoms with Crippen LogP contribution in [0.1, 0.15) is 43.5 Å². The third-order valence-corrected chi connectivity index (χ3v) is 2.69. The van der Waals surface area contributed by atoms with E-state index in [0.717, 1.165) is 0 Å². The lowest BCUT2D eigenvalue weighted by atomic mass is 9.84.